The van der Waals surface area contributed by atoms with E-state index in [-0.39, 0.29) is 10.8 Å². The number of benzene rings is 8. The van der Waals surface area contributed by atoms with Crippen molar-refractivity contribution in [2.75, 3.05) is 4.90 Å². The van der Waals surface area contributed by atoms with E-state index in [2.05, 4.69) is 219 Å². The first-order valence-electron chi connectivity index (χ1n) is 19.8. The number of anilines is 3. The molecule has 0 saturated heterocycles. The minimum Gasteiger partial charge on any atom is -0.309 e. The average molecular weight is 719 g/mol. The van der Waals surface area contributed by atoms with Crippen molar-refractivity contribution in [2.24, 2.45) is 0 Å². The van der Waals surface area contributed by atoms with Gasteiger partial charge in [0.15, 0.2) is 0 Å². The molecule has 11 rings (SSSR count). The van der Waals surface area contributed by atoms with Crippen LogP contribution in [-0.2, 0) is 10.8 Å². The summed E-state index contributed by atoms with van der Waals surface area (Å²) in [6.07, 6.45) is 0. The number of aromatic nitrogens is 1. The van der Waals surface area contributed by atoms with Gasteiger partial charge in [0.1, 0.15) is 0 Å². The first-order chi connectivity index (χ1) is 27.3. The highest BCUT2D eigenvalue weighted by Gasteiger charge is 2.40. The highest BCUT2D eigenvalue weighted by Crippen LogP contribution is 2.58. The van der Waals surface area contributed by atoms with Crippen molar-refractivity contribution in [3.05, 3.63) is 204 Å². The highest BCUT2D eigenvalue weighted by atomic mass is 15.1. The third-order valence-corrected chi connectivity index (χ3v) is 12.8. The zero-order valence-corrected chi connectivity index (χ0v) is 32.2. The minimum absolute atomic E-state index is 0.122. The molecule has 9 aromatic rings. The first kappa shape index (κ1) is 32.8. The van der Waals surface area contributed by atoms with Crippen molar-refractivity contribution < 1.29 is 0 Å². The van der Waals surface area contributed by atoms with Crippen LogP contribution >= 0.6 is 0 Å². The average Bonchev–Trinajstić information content (AvgIpc) is 3.79. The van der Waals surface area contributed by atoms with E-state index in [1.165, 1.54) is 88.8 Å². The molecule has 2 aliphatic rings. The lowest BCUT2D eigenvalue weighted by atomic mass is 9.82. The molecule has 56 heavy (non-hydrogen) atoms. The molecule has 0 amide bonds. The summed E-state index contributed by atoms with van der Waals surface area (Å²) >= 11 is 0. The van der Waals surface area contributed by atoms with Gasteiger partial charge in [-0.15, -0.1) is 0 Å². The Morgan fingerprint density at radius 1 is 0.411 bits per heavy atom. The van der Waals surface area contributed by atoms with Crippen LogP contribution in [0.1, 0.15) is 49.9 Å². The molecule has 2 heteroatoms. The van der Waals surface area contributed by atoms with E-state index in [0.717, 1.165) is 11.4 Å². The van der Waals surface area contributed by atoms with Gasteiger partial charge in [0, 0.05) is 49.7 Å². The van der Waals surface area contributed by atoms with E-state index in [9.17, 15) is 0 Å². The zero-order chi connectivity index (χ0) is 37.8. The van der Waals surface area contributed by atoms with Crippen LogP contribution in [0.2, 0.25) is 0 Å². The van der Waals surface area contributed by atoms with Crippen LogP contribution in [0.4, 0.5) is 17.1 Å². The standard InChI is InChI=1S/C54H42N2/c1-53(2)43-27-11-8-23-41(43)50-45(53)29-16-32-48(50)55(49-33-17-30-46-51(49)42-24-9-12-28-44(42)54(46,3)4)37-21-14-18-35(34-37)38-25-15-26-40-39-22-10-13-31-47(39)56(52(38)40)36-19-6-5-7-20-36/h5-34H,1-4H3. The lowest BCUT2D eigenvalue weighted by Crippen LogP contribution is -2.17. The molecule has 0 fully saturated rings. The van der Waals surface area contributed by atoms with Crippen molar-refractivity contribution in [1.29, 1.82) is 0 Å². The number of rotatable bonds is 5. The van der Waals surface area contributed by atoms with Gasteiger partial charge < -0.3 is 9.47 Å². The molecule has 1 aromatic heterocycles. The Hall–Kier alpha value is -6.64. The quantitative estimate of drug-likeness (QED) is 0.172. The fourth-order valence-electron chi connectivity index (χ4n) is 10.2. The van der Waals surface area contributed by atoms with E-state index in [4.69, 9.17) is 0 Å². The summed E-state index contributed by atoms with van der Waals surface area (Å²) in [4.78, 5) is 2.56. The predicted molar refractivity (Wildman–Crippen MR) is 236 cm³/mol. The Balaban J connectivity index is 1.21. The molecule has 2 nitrogen and oxygen atoms in total. The molecular weight excluding hydrogens is 677 g/mol. The van der Waals surface area contributed by atoms with Crippen LogP contribution < -0.4 is 4.90 Å². The summed E-state index contributed by atoms with van der Waals surface area (Å²) in [7, 11) is 0. The minimum atomic E-state index is -0.122. The SMILES string of the molecule is CC1(C)c2ccccc2-c2c(N(c3cccc(-c4cccc5c6ccccc6n(-c6ccccc6)c45)c3)c3cccc4c3-c3ccccc3C4(C)C)cccc21. The molecule has 0 saturated carbocycles. The number of hydrogen-bond donors (Lipinski definition) is 0. The van der Waals surface area contributed by atoms with Gasteiger partial charge >= 0.3 is 0 Å². The summed E-state index contributed by atoms with van der Waals surface area (Å²) in [5.74, 6) is 0. The summed E-state index contributed by atoms with van der Waals surface area (Å²) in [6.45, 7) is 9.49. The Morgan fingerprint density at radius 3 is 1.57 bits per heavy atom. The van der Waals surface area contributed by atoms with Gasteiger partial charge in [-0.2, -0.15) is 0 Å². The smallest absolute Gasteiger partial charge is 0.0619 e. The maximum atomic E-state index is 2.56. The van der Waals surface area contributed by atoms with Crippen molar-refractivity contribution >= 4 is 38.9 Å². The number of fused-ring (bicyclic) bond motifs is 9. The molecule has 268 valence electrons. The number of para-hydroxylation sites is 3. The van der Waals surface area contributed by atoms with E-state index in [1.807, 2.05) is 0 Å². The zero-order valence-electron chi connectivity index (χ0n) is 32.2. The maximum absolute atomic E-state index is 2.56. The molecule has 0 bridgehead atoms. The third-order valence-electron chi connectivity index (χ3n) is 12.8. The van der Waals surface area contributed by atoms with Crippen molar-refractivity contribution in [3.8, 4) is 39.1 Å². The maximum Gasteiger partial charge on any atom is 0.0619 e. The normalized spacial score (nSPS) is 14.4. The Kier molecular flexibility index (Phi) is 6.98. The second-order valence-corrected chi connectivity index (χ2v) is 16.5. The number of nitrogens with zero attached hydrogens (tertiary/aromatic N) is 2. The molecule has 8 aromatic carbocycles. The van der Waals surface area contributed by atoms with E-state index >= 15 is 0 Å². The van der Waals surface area contributed by atoms with Crippen LogP contribution in [0.3, 0.4) is 0 Å². The summed E-state index contributed by atoms with van der Waals surface area (Å²) in [5, 5.41) is 2.51. The van der Waals surface area contributed by atoms with E-state index in [0.29, 0.717) is 0 Å². The summed E-state index contributed by atoms with van der Waals surface area (Å²) < 4.78 is 2.44. The van der Waals surface area contributed by atoms with Gasteiger partial charge in [-0.25, -0.2) is 0 Å². The largest absolute Gasteiger partial charge is 0.309 e. The molecule has 0 aliphatic heterocycles. The van der Waals surface area contributed by atoms with Gasteiger partial charge in [0.05, 0.1) is 22.4 Å². The van der Waals surface area contributed by atoms with Gasteiger partial charge in [-0.3, -0.25) is 0 Å². The van der Waals surface area contributed by atoms with Crippen LogP contribution in [0.5, 0.6) is 0 Å². The van der Waals surface area contributed by atoms with Gasteiger partial charge in [0.25, 0.3) is 0 Å². The van der Waals surface area contributed by atoms with Gasteiger partial charge in [-0.05, 0) is 81.4 Å². The van der Waals surface area contributed by atoms with Crippen LogP contribution in [-0.4, -0.2) is 4.57 Å². The van der Waals surface area contributed by atoms with E-state index in [1.54, 1.807) is 0 Å². The first-order valence-corrected chi connectivity index (χ1v) is 19.8. The molecule has 0 N–H and O–H groups in total. The van der Waals surface area contributed by atoms with Gasteiger partial charge in [0.2, 0.25) is 0 Å². The van der Waals surface area contributed by atoms with Crippen molar-refractivity contribution in [2.45, 2.75) is 38.5 Å². The third kappa shape index (κ3) is 4.50. The van der Waals surface area contributed by atoms with Gasteiger partial charge in [-0.1, -0.05) is 167 Å². The Labute approximate surface area is 328 Å². The van der Waals surface area contributed by atoms with Crippen molar-refractivity contribution in [3.63, 3.8) is 0 Å². The highest BCUT2D eigenvalue weighted by molar-refractivity contribution is 6.14. The van der Waals surface area contributed by atoms with E-state index < -0.39 is 0 Å². The van der Waals surface area contributed by atoms with Crippen LogP contribution in [0.15, 0.2) is 182 Å². The molecule has 0 radical (unpaired) electrons. The molecule has 1 heterocycles. The Morgan fingerprint density at radius 2 is 0.911 bits per heavy atom. The summed E-state index contributed by atoms with van der Waals surface area (Å²) in [5.41, 5.74) is 20.0. The molecule has 0 spiro atoms. The molecule has 0 unspecified atom stereocenters. The molecule has 0 atom stereocenters. The fraction of sp³-hybridized carbons (Fsp3) is 0.111. The van der Waals surface area contributed by atoms with Crippen molar-refractivity contribution in [1.82, 2.24) is 4.57 Å². The topological polar surface area (TPSA) is 8.17 Å². The van der Waals surface area contributed by atoms with Crippen LogP contribution in [0, 0.1) is 0 Å². The summed E-state index contributed by atoms with van der Waals surface area (Å²) in [6, 6.07) is 67.5. The van der Waals surface area contributed by atoms with Crippen LogP contribution in [0.25, 0.3) is 60.9 Å². The molecule has 2 aliphatic carbocycles. The second kappa shape index (κ2) is 11.9. The Bertz CT molecular complexity index is 2930. The lowest BCUT2D eigenvalue weighted by Gasteiger charge is -2.31. The monoisotopic (exact) mass is 718 g/mol. The molecular formula is C54H42N2. The number of hydrogen-bond acceptors (Lipinski definition) is 1. The fourth-order valence-corrected chi connectivity index (χ4v) is 10.2. The second-order valence-electron chi connectivity index (χ2n) is 16.5. The predicted octanol–water partition coefficient (Wildman–Crippen LogP) is 14.5. The lowest BCUT2D eigenvalue weighted by molar-refractivity contribution is 0.660.